The molecule has 0 radical (unpaired) electrons. The first-order valence-electron chi connectivity index (χ1n) is 9.93. The summed E-state index contributed by atoms with van der Waals surface area (Å²) in [6, 6.07) is 9.44. The molecule has 3 atom stereocenters. The van der Waals surface area contributed by atoms with Gasteiger partial charge in [-0.25, -0.2) is 0 Å². The summed E-state index contributed by atoms with van der Waals surface area (Å²) in [6.07, 6.45) is 2.10. The van der Waals surface area contributed by atoms with Crippen LogP contribution in [0.15, 0.2) is 30.3 Å². The molecule has 0 amide bonds. The molecular formula is C22H32O6. The zero-order valence-corrected chi connectivity index (χ0v) is 17.3. The molecule has 0 bridgehead atoms. The first-order valence-corrected chi connectivity index (χ1v) is 9.93. The van der Waals surface area contributed by atoms with Crippen molar-refractivity contribution in [3.63, 3.8) is 0 Å². The minimum atomic E-state index is -0.510. The van der Waals surface area contributed by atoms with Gasteiger partial charge in [-0.15, -0.1) is 0 Å². The van der Waals surface area contributed by atoms with Crippen molar-refractivity contribution in [3.8, 4) is 0 Å². The van der Waals surface area contributed by atoms with Crippen LogP contribution < -0.4 is 0 Å². The average Bonchev–Trinajstić information content (AvgIpc) is 2.71. The summed E-state index contributed by atoms with van der Waals surface area (Å²) in [4.78, 5) is 36.5. The molecule has 3 unspecified atom stereocenters. The Kier molecular flexibility index (Phi) is 10.9. The maximum atomic E-state index is 12.6. The summed E-state index contributed by atoms with van der Waals surface area (Å²) < 4.78 is 15.7. The molecule has 6 nitrogen and oxygen atoms in total. The SMILES string of the molecule is CCCC(=O)OCC(COC(=O)C(CC)c1ccccc1)C(CC)C(=O)OC. The number of esters is 3. The maximum absolute atomic E-state index is 12.6. The van der Waals surface area contributed by atoms with Crippen LogP contribution in [-0.4, -0.2) is 38.2 Å². The Labute approximate surface area is 167 Å². The molecular weight excluding hydrogens is 360 g/mol. The number of methoxy groups -OCH3 is 1. The summed E-state index contributed by atoms with van der Waals surface area (Å²) >= 11 is 0. The Balaban J connectivity index is 2.81. The van der Waals surface area contributed by atoms with Crippen molar-refractivity contribution < 1.29 is 28.6 Å². The van der Waals surface area contributed by atoms with Gasteiger partial charge in [0, 0.05) is 12.3 Å². The third kappa shape index (κ3) is 7.33. The lowest BCUT2D eigenvalue weighted by Gasteiger charge is -2.25. The fourth-order valence-electron chi connectivity index (χ4n) is 3.11. The van der Waals surface area contributed by atoms with Gasteiger partial charge in [-0.05, 0) is 24.8 Å². The van der Waals surface area contributed by atoms with Crippen LogP contribution in [0, 0.1) is 11.8 Å². The predicted molar refractivity (Wildman–Crippen MR) is 106 cm³/mol. The average molecular weight is 392 g/mol. The van der Waals surface area contributed by atoms with E-state index >= 15 is 0 Å². The fraction of sp³-hybridized carbons (Fsp3) is 0.591. The first-order chi connectivity index (χ1) is 13.5. The minimum Gasteiger partial charge on any atom is -0.469 e. The molecule has 0 saturated carbocycles. The van der Waals surface area contributed by atoms with Gasteiger partial charge in [0.2, 0.25) is 0 Å². The van der Waals surface area contributed by atoms with E-state index in [1.165, 1.54) is 7.11 Å². The second kappa shape index (κ2) is 12.9. The molecule has 0 fully saturated rings. The molecule has 1 rings (SSSR count). The van der Waals surface area contributed by atoms with E-state index in [1.54, 1.807) is 0 Å². The second-order valence-corrected chi connectivity index (χ2v) is 6.73. The van der Waals surface area contributed by atoms with Crippen LogP contribution in [0.25, 0.3) is 0 Å². The van der Waals surface area contributed by atoms with Crippen molar-refractivity contribution in [2.45, 2.75) is 52.4 Å². The van der Waals surface area contributed by atoms with Gasteiger partial charge in [-0.3, -0.25) is 14.4 Å². The van der Waals surface area contributed by atoms with Crippen LogP contribution in [0.5, 0.6) is 0 Å². The molecule has 0 aromatic heterocycles. The van der Waals surface area contributed by atoms with E-state index in [4.69, 9.17) is 14.2 Å². The summed E-state index contributed by atoms with van der Waals surface area (Å²) in [7, 11) is 1.32. The largest absolute Gasteiger partial charge is 0.469 e. The number of carbonyl (C=O) groups excluding carboxylic acids is 3. The Bertz CT molecular complexity index is 613. The van der Waals surface area contributed by atoms with Gasteiger partial charge < -0.3 is 14.2 Å². The Morgan fingerprint density at radius 1 is 0.893 bits per heavy atom. The highest BCUT2D eigenvalue weighted by Crippen LogP contribution is 2.24. The molecule has 0 N–H and O–H groups in total. The van der Waals surface area contributed by atoms with Gasteiger partial charge in [-0.2, -0.15) is 0 Å². The Morgan fingerprint density at radius 3 is 2.07 bits per heavy atom. The highest BCUT2D eigenvalue weighted by molar-refractivity contribution is 5.78. The van der Waals surface area contributed by atoms with Gasteiger partial charge in [0.05, 0.1) is 32.2 Å². The minimum absolute atomic E-state index is 0.00478. The molecule has 0 aliphatic rings. The van der Waals surface area contributed by atoms with Gasteiger partial charge in [-0.1, -0.05) is 51.1 Å². The number of hydrogen-bond donors (Lipinski definition) is 0. The number of rotatable bonds is 12. The molecule has 0 spiro atoms. The molecule has 0 saturated heterocycles. The Morgan fingerprint density at radius 2 is 1.54 bits per heavy atom. The number of carbonyl (C=O) groups is 3. The zero-order chi connectivity index (χ0) is 20.9. The third-order valence-corrected chi connectivity index (χ3v) is 4.76. The van der Waals surface area contributed by atoms with Crippen LogP contribution in [0.2, 0.25) is 0 Å². The van der Waals surface area contributed by atoms with E-state index in [-0.39, 0.29) is 31.1 Å². The van der Waals surface area contributed by atoms with Gasteiger partial charge >= 0.3 is 17.9 Å². The first kappa shape index (κ1) is 23.7. The predicted octanol–water partition coefficient (Wildman–Crippen LogP) is 3.88. The number of ether oxygens (including phenoxy) is 3. The van der Waals surface area contributed by atoms with Crippen molar-refractivity contribution >= 4 is 17.9 Å². The smallest absolute Gasteiger partial charge is 0.313 e. The summed E-state index contributed by atoms with van der Waals surface area (Å²) in [5, 5.41) is 0. The highest BCUT2D eigenvalue weighted by atomic mass is 16.5. The van der Waals surface area contributed by atoms with Crippen molar-refractivity contribution in [1.29, 1.82) is 0 Å². The summed E-state index contributed by atoms with van der Waals surface area (Å²) in [5.74, 6) is -2.40. The third-order valence-electron chi connectivity index (χ3n) is 4.76. The molecule has 1 aromatic carbocycles. The normalized spacial score (nSPS) is 13.9. The van der Waals surface area contributed by atoms with Crippen LogP contribution in [0.1, 0.15) is 57.9 Å². The van der Waals surface area contributed by atoms with Crippen molar-refractivity contribution in [3.05, 3.63) is 35.9 Å². The lowest BCUT2D eigenvalue weighted by atomic mass is 9.91. The monoisotopic (exact) mass is 392 g/mol. The van der Waals surface area contributed by atoms with Crippen LogP contribution in [0.4, 0.5) is 0 Å². The standard InChI is InChI=1S/C22H32O6/c1-5-11-20(23)27-14-17(19(7-3)21(24)26-4)15-28-22(25)18(6-2)16-12-9-8-10-13-16/h8-10,12-13,17-19H,5-7,11,14-15H2,1-4H3. The van der Waals surface area contributed by atoms with Crippen molar-refractivity contribution in [2.24, 2.45) is 11.8 Å². The molecule has 1 aromatic rings. The van der Waals surface area contributed by atoms with Crippen LogP contribution in [-0.2, 0) is 28.6 Å². The lowest BCUT2D eigenvalue weighted by Crippen LogP contribution is -2.33. The van der Waals surface area contributed by atoms with Crippen molar-refractivity contribution in [1.82, 2.24) is 0 Å². The molecule has 0 aliphatic carbocycles. The van der Waals surface area contributed by atoms with Gasteiger partial charge in [0.1, 0.15) is 0 Å². The topological polar surface area (TPSA) is 78.9 Å². The lowest BCUT2D eigenvalue weighted by molar-refractivity contribution is -0.159. The number of hydrogen-bond acceptors (Lipinski definition) is 6. The number of benzene rings is 1. The van der Waals surface area contributed by atoms with E-state index in [9.17, 15) is 14.4 Å². The van der Waals surface area contributed by atoms with Gasteiger partial charge in [0.15, 0.2) is 0 Å². The van der Waals surface area contributed by atoms with E-state index in [0.717, 1.165) is 5.56 Å². The summed E-state index contributed by atoms with van der Waals surface area (Å²) in [6.45, 7) is 5.67. The van der Waals surface area contributed by atoms with E-state index < -0.39 is 17.8 Å². The molecule has 6 heteroatoms. The van der Waals surface area contributed by atoms with E-state index in [0.29, 0.717) is 25.7 Å². The van der Waals surface area contributed by atoms with Crippen LogP contribution in [0.3, 0.4) is 0 Å². The fourth-order valence-corrected chi connectivity index (χ4v) is 3.11. The van der Waals surface area contributed by atoms with E-state index in [2.05, 4.69) is 0 Å². The Hall–Kier alpha value is -2.37. The second-order valence-electron chi connectivity index (χ2n) is 6.73. The maximum Gasteiger partial charge on any atom is 0.313 e. The van der Waals surface area contributed by atoms with Crippen LogP contribution >= 0.6 is 0 Å². The highest BCUT2D eigenvalue weighted by Gasteiger charge is 2.31. The molecule has 0 heterocycles. The molecule has 0 aliphatic heterocycles. The van der Waals surface area contributed by atoms with E-state index in [1.807, 2.05) is 51.1 Å². The van der Waals surface area contributed by atoms with Gasteiger partial charge in [0.25, 0.3) is 0 Å². The quantitative estimate of drug-likeness (QED) is 0.397. The molecule has 156 valence electrons. The zero-order valence-electron chi connectivity index (χ0n) is 17.3. The molecule has 28 heavy (non-hydrogen) atoms. The summed E-state index contributed by atoms with van der Waals surface area (Å²) in [5.41, 5.74) is 0.890. The van der Waals surface area contributed by atoms with Crippen molar-refractivity contribution in [2.75, 3.05) is 20.3 Å².